The summed E-state index contributed by atoms with van der Waals surface area (Å²) in [5.74, 6) is 1.23. The van der Waals surface area contributed by atoms with Crippen LogP contribution in [-0.2, 0) is 16.0 Å². The minimum Gasteiger partial charge on any atom is -0.377 e. The lowest BCUT2D eigenvalue weighted by molar-refractivity contribution is -0.121. The molecule has 0 radical (unpaired) electrons. The van der Waals surface area contributed by atoms with Crippen LogP contribution in [0.2, 0.25) is 0 Å². The highest BCUT2D eigenvalue weighted by atomic mass is 16.5. The molecule has 1 aromatic rings. The molecule has 1 aliphatic heterocycles. The molecule has 21 heavy (non-hydrogen) atoms. The molecule has 7 heteroatoms. The van der Waals surface area contributed by atoms with E-state index >= 15 is 0 Å². The summed E-state index contributed by atoms with van der Waals surface area (Å²) in [6, 6.07) is -0.473. The number of aromatic nitrogens is 2. The Labute approximate surface area is 124 Å². The Morgan fingerprint density at radius 3 is 3.00 bits per heavy atom. The molecule has 1 aromatic heterocycles. The van der Waals surface area contributed by atoms with Gasteiger partial charge in [0, 0.05) is 18.7 Å². The highest BCUT2D eigenvalue weighted by Gasteiger charge is 2.30. The number of nitrogens with two attached hydrogens (primary N) is 1. The largest absolute Gasteiger partial charge is 0.377 e. The van der Waals surface area contributed by atoms with Crippen LogP contribution in [0.5, 0.6) is 0 Å². The molecule has 2 rings (SSSR count). The summed E-state index contributed by atoms with van der Waals surface area (Å²) >= 11 is 0. The monoisotopic (exact) mass is 293 g/mol. The number of amides is 1. The van der Waals surface area contributed by atoms with Crippen molar-refractivity contribution in [2.24, 2.45) is 5.73 Å². The fourth-order valence-corrected chi connectivity index (χ4v) is 2.54. The van der Waals surface area contributed by atoms with Gasteiger partial charge in [-0.15, -0.1) is 0 Å². The van der Waals surface area contributed by atoms with Gasteiger partial charge in [-0.05, 0) is 13.3 Å². The third-order valence-electron chi connectivity index (χ3n) is 3.50. The summed E-state index contributed by atoms with van der Waals surface area (Å²) in [4.78, 5) is 22.3. The van der Waals surface area contributed by atoms with E-state index in [0.717, 1.165) is 36.6 Å². The van der Waals surface area contributed by atoms with Crippen molar-refractivity contribution in [1.82, 2.24) is 9.97 Å². The van der Waals surface area contributed by atoms with Gasteiger partial charge in [0.15, 0.2) is 0 Å². The molecule has 1 atom stereocenters. The van der Waals surface area contributed by atoms with Gasteiger partial charge in [-0.2, -0.15) is 0 Å². The Morgan fingerprint density at radius 2 is 2.33 bits per heavy atom. The minimum atomic E-state index is -0.473. The molecule has 0 aromatic carbocycles. The second kappa shape index (κ2) is 7.21. The fourth-order valence-electron chi connectivity index (χ4n) is 2.54. The van der Waals surface area contributed by atoms with Gasteiger partial charge in [-0.3, -0.25) is 4.79 Å². The molecular weight excluding hydrogens is 270 g/mol. The molecular formula is C14H23N5O2. The van der Waals surface area contributed by atoms with Crippen LogP contribution in [0.3, 0.4) is 0 Å². The Balaban J connectivity index is 2.40. The standard InChI is InChI=1S/C14H23N5O2/c1-3-5-10-13(16-4-2)17-9-18-14(10)19-6-7-21-8-11(19)12(15)20/h9,11H,3-8H2,1-2H3,(H2,15,20)(H,16,17,18). The molecule has 3 N–H and O–H groups in total. The number of anilines is 2. The molecule has 0 aliphatic carbocycles. The van der Waals surface area contributed by atoms with E-state index < -0.39 is 6.04 Å². The van der Waals surface area contributed by atoms with E-state index in [4.69, 9.17) is 10.5 Å². The van der Waals surface area contributed by atoms with Crippen LogP contribution in [0.1, 0.15) is 25.8 Å². The number of primary amides is 1. The molecule has 7 nitrogen and oxygen atoms in total. The van der Waals surface area contributed by atoms with Gasteiger partial charge in [0.05, 0.1) is 13.2 Å². The van der Waals surface area contributed by atoms with Crippen LogP contribution in [0, 0.1) is 0 Å². The van der Waals surface area contributed by atoms with Crippen LogP contribution >= 0.6 is 0 Å². The molecule has 116 valence electrons. The maximum absolute atomic E-state index is 11.7. The molecule has 1 amide bonds. The van der Waals surface area contributed by atoms with Gasteiger partial charge < -0.3 is 20.7 Å². The minimum absolute atomic E-state index is 0.307. The fraction of sp³-hybridized carbons (Fsp3) is 0.643. The van der Waals surface area contributed by atoms with Crippen LogP contribution < -0.4 is 16.0 Å². The van der Waals surface area contributed by atoms with E-state index in [1.807, 2.05) is 11.8 Å². The quantitative estimate of drug-likeness (QED) is 0.795. The van der Waals surface area contributed by atoms with Gasteiger partial charge in [-0.25, -0.2) is 9.97 Å². The zero-order chi connectivity index (χ0) is 15.2. The predicted molar refractivity (Wildman–Crippen MR) is 81.3 cm³/mol. The number of hydrogen-bond donors (Lipinski definition) is 2. The molecule has 1 unspecified atom stereocenters. The average molecular weight is 293 g/mol. The van der Waals surface area contributed by atoms with Crippen molar-refractivity contribution in [3.63, 3.8) is 0 Å². The lowest BCUT2D eigenvalue weighted by Crippen LogP contribution is -2.53. The first-order chi connectivity index (χ1) is 10.2. The summed E-state index contributed by atoms with van der Waals surface area (Å²) < 4.78 is 5.37. The van der Waals surface area contributed by atoms with E-state index in [9.17, 15) is 4.79 Å². The number of carbonyl (C=O) groups is 1. The number of ether oxygens (including phenoxy) is 1. The third kappa shape index (κ3) is 3.41. The second-order valence-electron chi connectivity index (χ2n) is 4.99. The Bertz CT molecular complexity index is 494. The summed E-state index contributed by atoms with van der Waals surface area (Å²) in [5.41, 5.74) is 6.53. The van der Waals surface area contributed by atoms with Gasteiger partial charge in [-0.1, -0.05) is 13.3 Å². The number of morpholine rings is 1. The first kappa shape index (κ1) is 15.5. The van der Waals surface area contributed by atoms with Crippen molar-refractivity contribution in [3.8, 4) is 0 Å². The van der Waals surface area contributed by atoms with Crippen molar-refractivity contribution in [1.29, 1.82) is 0 Å². The van der Waals surface area contributed by atoms with Crippen LogP contribution in [0.25, 0.3) is 0 Å². The average Bonchev–Trinajstić information content (AvgIpc) is 2.49. The summed E-state index contributed by atoms with van der Waals surface area (Å²) in [5, 5.41) is 3.26. The Kier molecular flexibility index (Phi) is 5.32. The summed E-state index contributed by atoms with van der Waals surface area (Å²) in [6.07, 6.45) is 3.35. The summed E-state index contributed by atoms with van der Waals surface area (Å²) in [7, 11) is 0. The van der Waals surface area contributed by atoms with Crippen LogP contribution in [0.15, 0.2) is 6.33 Å². The third-order valence-corrected chi connectivity index (χ3v) is 3.50. The predicted octanol–water partition coefficient (Wildman–Crippen LogP) is 0.551. The molecule has 2 heterocycles. The van der Waals surface area contributed by atoms with Crippen molar-refractivity contribution in [2.75, 3.05) is 36.5 Å². The smallest absolute Gasteiger partial charge is 0.242 e. The Hall–Kier alpha value is -1.89. The number of rotatable bonds is 6. The zero-order valence-electron chi connectivity index (χ0n) is 12.6. The van der Waals surface area contributed by atoms with Crippen LogP contribution in [-0.4, -0.2) is 48.2 Å². The van der Waals surface area contributed by atoms with Gasteiger partial charge in [0.1, 0.15) is 24.0 Å². The van der Waals surface area contributed by atoms with Crippen molar-refractivity contribution >= 4 is 17.5 Å². The van der Waals surface area contributed by atoms with Gasteiger partial charge >= 0.3 is 0 Å². The van der Waals surface area contributed by atoms with Gasteiger partial charge in [0.2, 0.25) is 5.91 Å². The van der Waals surface area contributed by atoms with Crippen LogP contribution in [0.4, 0.5) is 11.6 Å². The van der Waals surface area contributed by atoms with Gasteiger partial charge in [0.25, 0.3) is 0 Å². The number of nitrogens with one attached hydrogen (secondary N) is 1. The highest BCUT2D eigenvalue weighted by molar-refractivity contribution is 5.84. The highest BCUT2D eigenvalue weighted by Crippen LogP contribution is 2.27. The normalized spacial score (nSPS) is 18.6. The summed E-state index contributed by atoms with van der Waals surface area (Å²) in [6.45, 7) is 6.40. The van der Waals surface area contributed by atoms with E-state index in [-0.39, 0.29) is 5.91 Å². The molecule has 1 saturated heterocycles. The number of hydrogen-bond acceptors (Lipinski definition) is 6. The first-order valence-electron chi connectivity index (χ1n) is 7.40. The zero-order valence-corrected chi connectivity index (χ0v) is 12.6. The van der Waals surface area contributed by atoms with E-state index in [2.05, 4.69) is 22.2 Å². The lowest BCUT2D eigenvalue weighted by Gasteiger charge is -2.35. The molecule has 0 bridgehead atoms. The topological polar surface area (TPSA) is 93.4 Å². The van der Waals surface area contributed by atoms with Crippen molar-refractivity contribution in [3.05, 3.63) is 11.9 Å². The van der Waals surface area contributed by atoms with E-state index in [1.54, 1.807) is 0 Å². The molecule has 1 aliphatic rings. The van der Waals surface area contributed by atoms with E-state index in [0.29, 0.717) is 19.8 Å². The SMILES string of the molecule is CCCc1c(NCC)ncnc1N1CCOCC1C(N)=O. The molecule has 1 fully saturated rings. The number of nitrogens with zero attached hydrogens (tertiary/aromatic N) is 3. The molecule has 0 saturated carbocycles. The molecule has 0 spiro atoms. The first-order valence-corrected chi connectivity index (χ1v) is 7.40. The number of carbonyl (C=O) groups excluding carboxylic acids is 1. The van der Waals surface area contributed by atoms with E-state index in [1.165, 1.54) is 6.33 Å². The van der Waals surface area contributed by atoms with Crippen molar-refractivity contribution < 1.29 is 9.53 Å². The maximum Gasteiger partial charge on any atom is 0.242 e. The Morgan fingerprint density at radius 1 is 1.52 bits per heavy atom. The van der Waals surface area contributed by atoms with Crippen molar-refractivity contribution in [2.45, 2.75) is 32.7 Å². The second-order valence-corrected chi connectivity index (χ2v) is 4.99. The lowest BCUT2D eigenvalue weighted by atomic mass is 10.1. The maximum atomic E-state index is 11.7.